The Hall–Kier alpha value is -1.32. The maximum Gasteiger partial charge on any atom is 0.230 e. The molecular weight excluding hydrogens is 214 g/mol. The number of rotatable bonds is 2. The highest BCUT2D eigenvalue weighted by Gasteiger charge is 2.31. The third kappa shape index (κ3) is 2.08. The van der Waals surface area contributed by atoms with Crippen LogP contribution in [0.25, 0.3) is 0 Å². The molecule has 0 bridgehead atoms. The van der Waals surface area contributed by atoms with Gasteiger partial charge >= 0.3 is 0 Å². The smallest absolute Gasteiger partial charge is 0.230 e. The quantitative estimate of drug-likeness (QED) is 0.853. The maximum absolute atomic E-state index is 12.4. The number of carbonyl (C=O) groups is 1. The van der Waals surface area contributed by atoms with Crippen molar-refractivity contribution in [3.05, 3.63) is 17.0 Å². The summed E-state index contributed by atoms with van der Waals surface area (Å²) in [6.07, 6.45) is 2.25. The van der Waals surface area contributed by atoms with E-state index < -0.39 is 0 Å². The second kappa shape index (κ2) is 4.51. The Morgan fingerprint density at radius 3 is 2.71 bits per heavy atom. The van der Waals surface area contributed by atoms with Crippen molar-refractivity contribution < 1.29 is 4.79 Å². The highest BCUT2D eigenvalue weighted by atomic mass is 16.2. The number of aromatic nitrogens is 2. The second-order valence-electron chi connectivity index (χ2n) is 5.09. The highest BCUT2D eigenvalue weighted by Crippen LogP contribution is 2.27. The predicted octanol–water partition coefficient (Wildman–Crippen LogP) is 2.14. The fourth-order valence-electron chi connectivity index (χ4n) is 2.83. The molecule has 4 heteroatoms. The average molecular weight is 235 g/mol. The van der Waals surface area contributed by atoms with E-state index in [4.69, 9.17) is 0 Å². The van der Waals surface area contributed by atoms with Crippen molar-refractivity contribution in [3.63, 3.8) is 0 Å². The van der Waals surface area contributed by atoms with Crippen molar-refractivity contribution in [2.24, 2.45) is 0 Å². The molecule has 1 aliphatic heterocycles. The van der Waals surface area contributed by atoms with Crippen LogP contribution < -0.4 is 0 Å². The monoisotopic (exact) mass is 235 g/mol. The Morgan fingerprint density at radius 1 is 1.53 bits per heavy atom. The van der Waals surface area contributed by atoms with Crippen molar-refractivity contribution in [3.8, 4) is 0 Å². The van der Waals surface area contributed by atoms with E-state index in [2.05, 4.69) is 17.1 Å². The van der Waals surface area contributed by atoms with Gasteiger partial charge in [-0.2, -0.15) is 5.10 Å². The summed E-state index contributed by atoms with van der Waals surface area (Å²) < 4.78 is 0. The normalized spacial score (nSPS) is 21.9. The zero-order valence-electron chi connectivity index (χ0n) is 11.1. The van der Waals surface area contributed by atoms with Gasteiger partial charge in [0.25, 0.3) is 0 Å². The fraction of sp³-hybridized carbons (Fsp3) is 0.692. The Labute approximate surface area is 102 Å². The minimum Gasteiger partial charge on any atom is -0.339 e. The Morgan fingerprint density at radius 2 is 2.24 bits per heavy atom. The second-order valence-corrected chi connectivity index (χ2v) is 5.09. The standard InChI is InChI=1S/C13H21N3O/c1-8-6-5-7-16(8)13(17)9(2)12-10(3)14-15-11(12)4/h8-9H,5-7H2,1-4H3,(H,14,15). The first-order chi connectivity index (χ1) is 8.02. The zero-order chi connectivity index (χ0) is 12.6. The van der Waals surface area contributed by atoms with E-state index in [1.807, 2.05) is 25.7 Å². The summed E-state index contributed by atoms with van der Waals surface area (Å²) in [5.41, 5.74) is 3.01. The van der Waals surface area contributed by atoms with Gasteiger partial charge in [-0.3, -0.25) is 9.89 Å². The topological polar surface area (TPSA) is 49.0 Å². The summed E-state index contributed by atoms with van der Waals surface area (Å²) in [6, 6.07) is 0.387. The van der Waals surface area contributed by atoms with Gasteiger partial charge in [0.15, 0.2) is 0 Å². The van der Waals surface area contributed by atoms with E-state index >= 15 is 0 Å². The van der Waals surface area contributed by atoms with Gasteiger partial charge in [0.05, 0.1) is 11.6 Å². The minimum atomic E-state index is -0.0886. The van der Waals surface area contributed by atoms with Gasteiger partial charge in [0, 0.05) is 23.8 Å². The number of hydrogen-bond acceptors (Lipinski definition) is 2. The first-order valence-electron chi connectivity index (χ1n) is 6.34. The largest absolute Gasteiger partial charge is 0.339 e. The number of H-pyrrole nitrogens is 1. The van der Waals surface area contributed by atoms with Crippen molar-refractivity contribution in [2.45, 2.75) is 52.5 Å². The summed E-state index contributed by atoms with van der Waals surface area (Å²) in [4.78, 5) is 14.5. The number of amides is 1. The molecule has 2 atom stereocenters. The van der Waals surface area contributed by atoms with Crippen LogP contribution in [0.3, 0.4) is 0 Å². The summed E-state index contributed by atoms with van der Waals surface area (Å²) in [6.45, 7) is 8.95. The summed E-state index contributed by atoms with van der Waals surface area (Å²) >= 11 is 0. The van der Waals surface area contributed by atoms with Crippen LogP contribution in [0.5, 0.6) is 0 Å². The van der Waals surface area contributed by atoms with Crippen LogP contribution in [0.15, 0.2) is 0 Å². The van der Waals surface area contributed by atoms with Crippen LogP contribution in [-0.2, 0) is 4.79 Å². The van der Waals surface area contributed by atoms with E-state index in [1.165, 1.54) is 0 Å². The number of aryl methyl sites for hydroxylation is 2. The van der Waals surface area contributed by atoms with Crippen LogP contribution in [-0.4, -0.2) is 33.6 Å². The lowest BCUT2D eigenvalue weighted by molar-refractivity contribution is -0.133. The summed E-state index contributed by atoms with van der Waals surface area (Å²) in [7, 11) is 0. The molecule has 0 saturated carbocycles. The fourth-order valence-corrected chi connectivity index (χ4v) is 2.83. The highest BCUT2D eigenvalue weighted by molar-refractivity contribution is 5.84. The molecule has 94 valence electrons. The molecule has 2 heterocycles. The molecule has 17 heavy (non-hydrogen) atoms. The van der Waals surface area contributed by atoms with E-state index in [-0.39, 0.29) is 11.8 Å². The zero-order valence-corrected chi connectivity index (χ0v) is 11.1. The van der Waals surface area contributed by atoms with E-state index in [0.717, 1.165) is 36.3 Å². The molecule has 1 N–H and O–H groups in total. The lowest BCUT2D eigenvalue weighted by Crippen LogP contribution is -2.36. The van der Waals surface area contributed by atoms with Crippen molar-refractivity contribution in [2.75, 3.05) is 6.54 Å². The van der Waals surface area contributed by atoms with Crippen LogP contribution >= 0.6 is 0 Å². The Bertz CT molecular complexity index is 405. The van der Waals surface area contributed by atoms with Crippen LogP contribution in [0.1, 0.15) is 49.6 Å². The molecule has 1 aromatic heterocycles. The number of carbonyl (C=O) groups excluding carboxylic acids is 1. The van der Waals surface area contributed by atoms with Crippen LogP contribution in [0, 0.1) is 13.8 Å². The lowest BCUT2D eigenvalue weighted by Gasteiger charge is -2.25. The van der Waals surface area contributed by atoms with E-state index in [1.54, 1.807) is 0 Å². The Kier molecular flexibility index (Phi) is 3.22. The van der Waals surface area contributed by atoms with Crippen molar-refractivity contribution >= 4 is 5.91 Å². The first kappa shape index (κ1) is 12.1. The maximum atomic E-state index is 12.4. The molecule has 2 unspecified atom stereocenters. The van der Waals surface area contributed by atoms with Gasteiger partial charge in [-0.15, -0.1) is 0 Å². The SMILES string of the molecule is Cc1n[nH]c(C)c1C(C)C(=O)N1CCCC1C. The third-order valence-corrected chi connectivity index (χ3v) is 3.82. The first-order valence-corrected chi connectivity index (χ1v) is 6.34. The summed E-state index contributed by atoms with van der Waals surface area (Å²) in [5, 5.41) is 7.12. The average Bonchev–Trinajstić information content (AvgIpc) is 2.84. The molecule has 0 aromatic carbocycles. The molecular formula is C13H21N3O. The van der Waals surface area contributed by atoms with Crippen LogP contribution in [0.2, 0.25) is 0 Å². The van der Waals surface area contributed by atoms with Gasteiger partial charge in [0.2, 0.25) is 5.91 Å². The molecule has 0 radical (unpaired) electrons. The molecule has 1 saturated heterocycles. The molecule has 2 rings (SSSR count). The molecule has 1 fully saturated rings. The third-order valence-electron chi connectivity index (χ3n) is 3.82. The summed E-state index contributed by atoms with van der Waals surface area (Å²) in [5.74, 6) is 0.150. The molecule has 1 aliphatic rings. The molecule has 1 aromatic rings. The van der Waals surface area contributed by atoms with Crippen molar-refractivity contribution in [1.82, 2.24) is 15.1 Å². The number of hydrogen-bond donors (Lipinski definition) is 1. The lowest BCUT2D eigenvalue weighted by atomic mass is 9.97. The van der Waals surface area contributed by atoms with Gasteiger partial charge in [-0.1, -0.05) is 0 Å². The van der Waals surface area contributed by atoms with E-state index in [0.29, 0.717) is 6.04 Å². The Balaban J connectivity index is 2.20. The number of aromatic amines is 1. The van der Waals surface area contributed by atoms with Gasteiger partial charge < -0.3 is 4.90 Å². The van der Waals surface area contributed by atoms with Gasteiger partial charge in [-0.25, -0.2) is 0 Å². The number of nitrogens with zero attached hydrogens (tertiary/aromatic N) is 2. The predicted molar refractivity (Wildman–Crippen MR) is 66.9 cm³/mol. The van der Waals surface area contributed by atoms with Gasteiger partial charge in [0.1, 0.15) is 0 Å². The molecule has 0 spiro atoms. The van der Waals surface area contributed by atoms with Crippen molar-refractivity contribution in [1.29, 1.82) is 0 Å². The van der Waals surface area contributed by atoms with Crippen LogP contribution in [0.4, 0.5) is 0 Å². The van der Waals surface area contributed by atoms with E-state index in [9.17, 15) is 4.79 Å². The molecule has 0 aliphatic carbocycles. The number of likely N-dealkylation sites (tertiary alicyclic amines) is 1. The number of nitrogens with one attached hydrogen (secondary N) is 1. The minimum absolute atomic E-state index is 0.0886. The van der Waals surface area contributed by atoms with Gasteiger partial charge in [-0.05, 0) is 40.5 Å². The molecule has 1 amide bonds. The molecule has 4 nitrogen and oxygen atoms in total.